The van der Waals surface area contributed by atoms with Crippen molar-refractivity contribution >= 4 is 23.4 Å². The van der Waals surface area contributed by atoms with Crippen LogP contribution in [0, 0.1) is 6.92 Å². The van der Waals surface area contributed by atoms with E-state index in [0.717, 1.165) is 37.6 Å². The molecule has 0 spiro atoms. The highest BCUT2D eigenvalue weighted by atomic mass is 16.3. The molecule has 1 fully saturated rings. The van der Waals surface area contributed by atoms with Crippen LogP contribution in [0.1, 0.15) is 11.5 Å². The molecule has 2 aromatic rings. The number of piperazine rings is 1. The number of furan rings is 1. The molecular weight excluding hydrogens is 302 g/mol. The molecule has 5 nitrogen and oxygen atoms in total. The zero-order valence-electron chi connectivity index (χ0n) is 14.2. The third-order valence-corrected chi connectivity index (χ3v) is 4.16. The molecule has 1 aliphatic heterocycles. The molecule has 0 bridgehead atoms. The Morgan fingerprint density at radius 2 is 1.79 bits per heavy atom. The number of nitrogens with zero attached hydrogens (tertiary/aromatic N) is 2. The zero-order chi connectivity index (χ0) is 16.9. The first kappa shape index (κ1) is 16.3. The van der Waals surface area contributed by atoms with Gasteiger partial charge in [0, 0.05) is 43.6 Å². The maximum atomic E-state index is 12.0. The lowest BCUT2D eigenvalue weighted by Gasteiger charge is -2.34. The molecule has 0 unspecified atom stereocenters. The summed E-state index contributed by atoms with van der Waals surface area (Å²) in [6, 6.07) is 11.7. The number of carbonyl (C=O) groups excluding carboxylic acids is 1. The quantitative estimate of drug-likeness (QED) is 0.878. The van der Waals surface area contributed by atoms with Gasteiger partial charge in [0.25, 0.3) is 0 Å². The number of aryl methyl sites for hydroxylation is 1. The summed E-state index contributed by atoms with van der Waals surface area (Å²) in [7, 11) is 2.15. The number of hydrogen-bond donors (Lipinski definition) is 1. The van der Waals surface area contributed by atoms with Crippen LogP contribution >= 0.6 is 0 Å². The predicted octanol–water partition coefficient (Wildman–Crippen LogP) is 2.99. The molecule has 126 valence electrons. The summed E-state index contributed by atoms with van der Waals surface area (Å²) in [6.07, 6.45) is 3.15. The molecule has 3 rings (SSSR count). The van der Waals surface area contributed by atoms with Crippen LogP contribution in [0.5, 0.6) is 0 Å². The molecule has 0 aliphatic carbocycles. The van der Waals surface area contributed by atoms with Crippen molar-refractivity contribution < 1.29 is 9.21 Å². The molecule has 0 saturated carbocycles. The van der Waals surface area contributed by atoms with Gasteiger partial charge in [0.1, 0.15) is 11.5 Å². The average Bonchev–Trinajstić information content (AvgIpc) is 3.00. The maximum Gasteiger partial charge on any atom is 0.248 e. The lowest BCUT2D eigenvalue weighted by molar-refractivity contribution is -0.111. The lowest BCUT2D eigenvalue weighted by Crippen LogP contribution is -2.44. The van der Waals surface area contributed by atoms with Gasteiger partial charge in [0.15, 0.2) is 0 Å². The van der Waals surface area contributed by atoms with Crippen molar-refractivity contribution in [1.29, 1.82) is 0 Å². The summed E-state index contributed by atoms with van der Waals surface area (Å²) in [4.78, 5) is 16.7. The summed E-state index contributed by atoms with van der Waals surface area (Å²) in [5, 5.41) is 2.86. The smallest absolute Gasteiger partial charge is 0.248 e. The van der Waals surface area contributed by atoms with Crippen LogP contribution in [0.3, 0.4) is 0 Å². The van der Waals surface area contributed by atoms with Crippen molar-refractivity contribution in [2.75, 3.05) is 43.4 Å². The van der Waals surface area contributed by atoms with Crippen molar-refractivity contribution in [3.8, 4) is 0 Å². The maximum absolute atomic E-state index is 12.0. The van der Waals surface area contributed by atoms with E-state index in [1.165, 1.54) is 11.8 Å². The molecule has 24 heavy (non-hydrogen) atoms. The number of carbonyl (C=O) groups is 1. The van der Waals surface area contributed by atoms with Crippen molar-refractivity contribution in [3.63, 3.8) is 0 Å². The highest BCUT2D eigenvalue weighted by Gasteiger charge is 2.13. The second-order valence-electron chi connectivity index (χ2n) is 6.11. The van der Waals surface area contributed by atoms with Gasteiger partial charge in [0.05, 0.1) is 0 Å². The van der Waals surface area contributed by atoms with Gasteiger partial charge in [-0.3, -0.25) is 4.79 Å². The summed E-state index contributed by atoms with van der Waals surface area (Å²) in [5.74, 6) is 1.33. The van der Waals surface area contributed by atoms with Gasteiger partial charge in [-0.1, -0.05) is 0 Å². The molecule has 1 saturated heterocycles. The Balaban J connectivity index is 1.55. The number of rotatable bonds is 4. The van der Waals surface area contributed by atoms with Crippen molar-refractivity contribution in [3.05, 3.63) is 54.0 Å². The highest BCUT2D eigenvalue weighted by molar-refractivity contribution is 6.01. The van der Waals surface area contributed by atoms with Crippen LogP contribution in [0.2, 0.25) is 0 Å². The standard InChI is InChI=1S/C19H23N3O2/c1-15-3-8-18(24-15)9-10-19(23)20-16-4-6-17(7-5-16)22-13-11-21(2)12-14-22/h3-10H,11-14H2,1-2H3,(H,20,23)/b10-9+. The second-order valence-corrected chi connectivity index (χ2v) is 6.11. The molecule has 1 aliphatic rings. The Morgan fingerprint density at radius 3 is 2.42 bits per heavy atom. The Morgan fingerprint density at radius 1 is 1.08 bits per heavy atom. The van der Waals surface area contributed by atoms with Gasteiger partial charge in [-0.25, -0.2) is 0 Å². The number of amides is 1. The van der Waals surface area contributed by atoms with Crippen LogP contribution in [-0.2, 0) is 4.79 Å². The number of nitrogens with one attached hydrogen (secondary N) is 1. The van der Waals surface area contributed by atoms with E-state index in [-0.39, 0.29) is 5.91 Å². The van der Waals surface area contributed by atoms with Gasteiger partial charge in [-0.05, 0) is 56.4 Å². The molecule has 1 aromatic carbocycles. The van der Waals surface area contributed by atoms with E-state index in [9.17, 15) is 4.79 Å². The molecule has 5 heteroatoms. The van der Waals surface area contributed by atoms with E-state index in [4.69, 9.17) is 4.42 Å². The summed E-state index contributed by atoms with van der Waals surface area (Å²) in [6.45, 7) is 6.10. The molecule has 2 heterocycles. The third-order valence-electron chi connectivity index (χ3n) is 4.16. The van der Waals surface area contributed by atoms with Crippen LogP contribution in [-0.4, -0.2) is 44.0 Å². The fourth-order valence-corrected chi connectivity index (χ4v) is 2.70. The van der Waals surface area contributed by atoms with E-state index in [1.807, 2.05) is 31.2 Å². The monoisotopic (exact) mass is 325 g/mol. The van der Waals surface area contributed by atoms with E-state index in [1.54, 1.807) is 6.08 Å². The largest absolute Gasteiger partial charge is 0.462 e. The first-order valence-electron chi connectivity index (χ1n) is 8.19. The Kier molecular flexibility index (Phi) is 5.01. The van der Waals surface area contributed by atoms with E-state index < -0.39 is 0 Å². The van der Waals surface area contributed by atoms with E-state index in [0.29, 0.717) is 5.76 Å². The zero-order valence-corrected chi connectivity index (χ0v) is 14.2. The van der Waals surface area contributed by atoms with E-state index in [2.05, 4.69) is 34.3 Å². The fraction of sp³-hybridized carbons (Fsp3) is 0.316. The summed E-state index contributed by atoms with van der Waals surface area (Å²) < 4.78 is 5.40. The summed E-state index contributed by atoms with van der Waals surface area (Å²) >= 11 is 0. The third kappa shape index (κ3) is 4.26. The number of hydrogen-bond acceptors (Lipinski definition) is 4. The predicted molar refractivity (Wildman–Crippen MR) is 97.3 cm³/mol. The lowest BCUT2D eigenvalue weighted by atomic mass is 10.2. The van der Waals surface area contributed by atoms with Gasteiger partial charge in [0.2, 0.25) is 5.91 Å². The van der Waals surface area contributed by atoms with E-state index >= 15 is 0 Å². The number of anilines is 2. The first-order chi connectivity index (χ1) is 11.6. The molecule has 1 aromatic heterocycles. The molecule has 1 amide bonds. The van der Waals surface area contributed by atoms with Crippen LogP contribution in [0.15, 0.2) is 46.9 Å². The SMILES string of the molecule is Cc1ccc(/C=C/C(=O)Nc2ccc(N3CCN(C)CC3)cc2)o1. The van der Waals surface area contributed by atoms with Crippen LogP contribution in [0.25, 0.3) is 6.08 Å². The molecular formula is C19H23N3O2. The average molecular weight is 325 g/mol. The highest BCUT2D eigenvalue weighted by Crippen LogP contribution is 2.19. The van der Waals surface area contributed by atoms with Crippen molar-refractivity contribution in [1.82, 2.24) is 4.90 Å². The minimum atomic E-state index is -0.170. The number of likely N-dealkylation sites (N-methyl/N-ethyl adjacent to an activating group) is 1. The molecule has 0 atom stereocenters. The first-order valence-corrected chi connectivity index (χ1v) is 8.19. The Hall–Kier alpha value is -2.53. The minimum absolute atomic E-state index is 0.170. The van der Waals surface area contributed by atoms with Crippen molar-refractivity contribution in [2.45, 2.75) is 6.92 Å². The van der Waals surface area contributed by atoms with Crippen LogP contribution in [0.4, 0.5) is 11.4 Å². The normalized spacial score (nSPS) is 15.8. The fourth-order valence-electron chi connectivity index (χ4n) is 2.70. The second kappa shape index (κ2) is 7.36. The van der Waals surface area contributed by atoms with Gasteiger partial charge >= 0.3 is 0 Å². The van der Waals surface area contributed by atoms with Gasteiger partial charge in [-0.2, -0.15) is 0 Å². The Labute approximate surface area is 142 Å². The Bertz CT molecular complexity index is 710. The topological polar surface area (TPSA) is 48.7 Å². The van der Waals surface area contributed by atoms with Gasteiger partial charge < -0.3 is 19.5 Å². The van der Waals surface area contributed by atoms with Gasteiger partial charge in [-0.15, -0.1) is 0 Å². The minimum Gasteiger partial charge on any atom is -0.462 e. The van der Waals surface area contributed by atoms with Crippen LogP contribution < -0.4 is 10.2 Å². The number of benzene rings is 1. The molecule has 1 N–H and O–H groups in total. The van der Waals surface area contributed by atoms with Crippen molar-refractivity contribution in [2.24, 2.45) is 0 Å². The molecule has 0 radical (unpaired) electrons. The summed E-state index contributed by atoms with van der Waals surface area (Å²) in [5.41, 5.74) is 1.99.